The van der Waals surface area contributed by atoms with Crippen LogP contribution >= 0.6 is 0 Å². The summed E-state index contributed by atoms with van der Waals surface area (Å²) >= 11 is 0. The van der Waals surface area contributed by atoms with E-state index in [4.69, 9.17) is 0 Å². The largest absolute Gasteiger partial charge is 0.357 e. The molecular weight excluding hydrogens is 529 g/mol. The maximum Gasteiger partial charge on any atom is 0.264 e. The van der Waals surface area contributed by atoms with E-state index in [0.29, 0.717) is 0 Å². The average Bonchev–Trinajstić information content (AvgIpc) is 2.99. The van der Waals surface area contributed by atoms with E-state index in [1.54, 1.807) is 18.2 Å². The molecule has 7 nitrogen and oxygen atoms in total. The second-order valence-corrected chi connectivity index (χ2v) is 11.0. The first-order chi connectivity index (χ1) is 19.3. The fraction of sp³-hybridized carbons (Fsp3) is 0.161. The third-order valence-electron chi connectivity index (χ3n) is 6.44. The first kappa shape index (κ1) is 28.5. The monoisotopic (exact) mass is 559 g/mol. The van der Waals surface area contributed by atoms with Gasteiger partial charge in [0.15, 0.2) is 0 Å². The molecule has 4 aromatic rings. The van der Waals surface area contributed by atoms with Crippen LogP contribution in [0.15, 0.2) is 120 Å². The molecule has 0 radical (unpaired) electrons. The van der Waals surface area contributed by atoms with Gasteiger partial charge in [0.25, 0.3) is 10.0 Å². The van der Waals surface area contributed by atoms with Crippen LogP contribution in [-0.4, -0.2) is 44.8 Å². The Hall–Kier alpha value is -4.50. The van der Waals surface area contributed by atoms with Gasteiger partial charge in [-0.15, -0.1) is 0 Å². The maximum atomic E-state index is 14.1. The van der Waals surface area contributed by atoms with Crippen LogP contribution < -0.4 is 9.62 Å². The number of rotatable bonds is 11. The molecule has 0 saturated carbocycles. The number of sulfonamides is 1. The van der Waals surface area contributed by atoms with Crippen molar-refractivity contribution in [2.24, 2.45) is 0 Å². The molecule has 40 heavy (non-hydrogen) atoms. The molecule has 0 saturated heterocycles. The lowest BCUT2D eigenvalue weighted by Gasteiger charge is -2.33. The van der Waals surface area contributed by atoms with Crippen LogP contribution in [0, 0.1) is 5.82 Å². The number of carbonyl (C=O) groups is 2. The summed E-state index contributed by atoms with van der Waals surface area (Å²) in [5.41, 5.74) is 1.74. The summed E-state index contributed by atoms with van der Waals surface area (Å²) in [6.45, 7) is -0.523. The van der Waals surface area contributed by atoms with Crippen LogP contribution in [0.1, 0.15) is 11.1 Å². The van der Waals surface area contributed by atoms with E-state index in [-0.39, 0.29) is 29.5 Å². The molecule has 0 fully saturated rings. The molecule has 0 bridgehead atoms. The molecule has 0 aromatic heterocycles. The minimum atomic E-state index is -4.22. The molecule has 1 N–H and O–H groups in total. The highest BCUT2D eigenvalue weighted by Crippen LogP contribution is 2.25. The molecular formula is C31H30FN3O4S. The molecule has 1 unspecified atom stereocenters. The quantitative estimate of drug-likeness (QED) is 0.295. The maximum absolute atomic E-state index is 14.1. The van der Waals surface area contributed by atoms with E-state index in [9.17, 15) is 22.4 Å². The topological polar surface area (TPSA) is 86.8 Å². The van der Waals surface area contributed by atoms with Crippen molar-refractivity contribution in [2.45, 2.75) is 23.9 Å². The number of hydrogen-bond donors (Lipinski definition) is 1. The molecule has 0 spiro atoms. The molecule has 0 aliphatic rings. The minimum Gasteiger partial charge on any atom is -0.357 e. The summed E-state index contributed by atoms with van der Waals surface area (Å²) in [7, 11) is -2.72. The molecule has 206 valence electrons. The normalized spacial score (nSPS) is 11.8. The number of hydrogen-bond acceptors (Lipinski definition) is 4. The Kier molecular flexibility index (Phi) is 9.29. The Balaban J connectivity index is 1.76. The van der Waals surface area contributed by atoms with Crippen molar-refractivity contribution in [1.82, 2.24) is 10.2 Å². The number of nitrogens with one attached hydrogen (secondary N) is 1. The second-order valence-electron chi connectivity index (χ2n) is 9.13. The predicted octanol–water partition coefficient (Wildman–Crippen LogP) is 4.41. The first-order valence-electron chi connectivity index (χ1n) is 12.7. The smallest absolute Gasteiger partial charge is 0.264 e. The van der Waals surface area contributed by atoms with Gasteiger partial charge in [-0.2, -0.15) is 0 Å². The lowest BCUT2D eigenvalue weighted by Crippen LogP contribution is -2.53. The van der Waals surface area contributed by atoms with E-state index < -0.39 is 34.3 Å². The highest BCUT2D eigenvalue weighted by atomic mass is 32.2. The van der Waals surface area contributed by atoms with Gasteiger partial charge in [-0.25, -0.2) is 12.8 Å². The highest BCUT2D eigenvalue weighted by Gasteiger charge is 2.34. The van der Waals surface area contributed by atoms with Crippen LogP contribution in [0.25, 0.3) is 0 Å². The zero-order valence-corrected chi connectivity index (χ0v) is 22.8. The first-order valence-corrected chi connectivity index (χ1v) is 14.2. The van der Waals surface area contributed by atoms with E-state index in [1.165, 1.54) is 36.2 Å². The van der Waals surface area contributed by atoms with Crippen molar-refractivity contribution < 1.29 is 22.4 Å². The van der Waals surface area contributed by atoms with Crippen LogP contribution in [0.5, 0.6) is 0 Å². The van der Waals surface area contributed by atoms with Gasteiger partial charge in [0, 0.05) is 20.0 Å². The molecule has 0 aliphatic heterocycles. The fourth-order valence-corrected chi connectivity index (χ4v) is 5.79. The van der Waals surface area contributed by atoms with Crippen LogP contribution in [0.2, 0.25) is 0 Å². The third kappa shape index (κ3) is 6.92. The average molecular weight is 560 g/mol. The lowest BCUT2D eigenvalue weighted by atomic mass is 10.0. The molecule has 9 heteroatoms. The van der Waals surface area contributed by atoms with Crippen molar-refractivity contribution in [1.29, 1.82) is 0 Å². The van der Waals surface area contributed by atoms with Crippen molar-refractivity contribution >= 4 is 27.5 Å². The molecule has 0 heterocycles. The Labute approximate surface area is 233 Å². The molecule has 4 rings (SSSR count). The Morgan fingerprint density at radius 1 is 0.775 bits per heavy atom. The predicted molar refractivity (Wildman–Crippen MR) is 152 cm³/mol. The number of nitrogens with zero attached hydrogens (tertiary/aromatic N) is 2. The molecule has 2 amide bonds. The standard InChI is InChI=1S/C31H30FN3O4S/c1-33-31(37)29(21-24-11-5-2-6-12-24)34(22-25-13-7-3-8-14-25)30(36)23-35(27-19-17-26(32)18-20-27)40(38,39)28-15-9-4-10-16-28/h2-20,29H,21-23H2,1H3,(H,33,37). The zero-order valence-electron chi connectivity index (χ0n) is 22.0. The lowest BCUT2D eigenvalue weighted by molar-refractivity contribution is -0.139. The summed E-state index contributed by atoms with van der Waals surface area (Å²) in [5.74, 6) is -1.51. The number of halogens is 1. The number of likely N-dealkylation sites (N-methyl/N-ethyl adjacent to an activating group) is 1. The van der Waals surface area contributed by atoms with Crippen LogP contribution in [0.4, 0.5) is 10.1 Å². The van der Waals surface area contributed by atoms with Crippen molar-refractivity contribution in [3.05, 3.63) is 132 Å². The highest BCUT2D eigenvalue weighted by molar-refractivity contribution is 7.92. The van der Waals surface area contributed by atoms with E-state index in [1.807, 2.05) is 60.7 Å². The Morgan fingerprint density at radius 2 is 1.30 bits per heavy atom. The van der Waals surface area contributed by atoms with Crippen molar-refractivity contribution in [2.75, 3.05) is 17.9 Å². The number of benzene rings is 4. The zero-order chi connectivity index (χ0) is 28.5. The molecule has 1 atom stereocenters. The van der Waals surface area contributed by atoms with Gasteiger partial charge < -0.3 is 10.2 Å². The SMILES string of the molecule is CNC(=O)C(Cc1ccccc1)N(Cc1ccccc1)C(=O)CN(c1ccc(F)cc1)S(=O)(=O)c1ccccc1. The second kappa shape index (κ2) is 13.0. The fourth-order valence-electron chi connectivity index (χ4n) is 4.36. The Bertz CT molecular complexity index is 1520. The van der Waals surface area contributed by atoms with Gasteiger partial charge in [-0.3, -0.25) is 13.9 Å². The van der Waals surface area contributed by atoms with Gasteiger partial charge in [-0.05, 0) is 47.5 Å². The molecule has 0 aliphatic carbocycles. The summed E-state index contributed by atoms with van der Waals surface area (Å²) < 4.78 is 42.2. The summed E-state index contributed by atoms with van der Waals surface area (Å²) in [5, 5.41) is 2.65. The van der Waals surface area contributed by atoms with E-state index in [0.717, 1.165) is 27.6 Å². The van der Waals surface area contributed by atoms with Gasteiger partial charge in [-0.1, -0.05) is 78.9 Å². The number of amides is 2. The van der Waals surface area contributed by atoms with Gasteiger partial charge in [0.1, 0.15) is 18.4 Å². The van der Waals surface area contributed by atoms with Gasteiger partial charge in [0.05, 0.1) is 10.6 Å². The van der Waals surface area contributed by atoms with Crippen LogP contribution in [-0.2, 0) is 32.6 Å². The molecule has 4 aromatic carbocycles. The van der Waals surface area contributed by atoms with E-state index in [2.05, 4.69) is 5.32 Å². The Morgan fingerprint density at radius 3 is 1.85 bits per heavy atom. The van der Waals surface area contributed by atoms with Crippen molar-refractivity contribution in [3.8, 4) is 0 Å². The number of carbonyl (C=O) groups excluding carboxylic acids is 2. The van der Waals surface area contributed by atoms with E-state index >= 15 is 0 Å². The third-order valence-corrected chi connectivity index (χ3v) is 8.23. The van der Waals surface area contributed by atoms with Gasteiger partial charge in [0.2, 0.25) is 11.8 Å². The summed E-state index contributed by atoms with van der Waals surface area (Å²) in [6.07, 6.45) is 0.223. The summed E-state index contributed by atoms with van der Waals surface area (Å²) in [4.78, 5) is 28.7. The minimum absolute atomic E-state index is 0.0196. The number of anilines is 1. The van der Waals surface area contributed by atoms with Crippen LogP contribution in [0.3, 0.4) is 0 Å². The summed E-state index contributed by atoms with van der Waals surface area (Å²) in [6, 6.07) is 30.2. The van der Waals surface area contributed by atoms with Crippen molar-refractivity contribution in [3.63, 3.8) is 0 Å². The van der Waals surface area contributed by atoms with Gasteiger partial charge >= 0.3 is 0 Å².